The Morgan fingerprint density at radius 1 is 1.15 bits per heavy atom. The maximum Gasteiger partial charge on any atom is 0.120 e. The van der Waals surface area contributed by atoms with Crippen molar-refractivity contribution in [3.05, 3.63) is 24.3 Å². The van der Waals surface area contributed by atoms with E-state index in [0.29, 0.717) is 5.54 Å². The molecule has 1 aliphatic heterocycles. The Kier molecular flexibility index (Phi) is 3.41. The van der Waals surface area contributed by atoms with Crippen LogP contribution in [0.1, 0.15) is 39.5 Å². The molecule has 1 aliphatic carbocycles. The predicted molar refractivity (Wildman–Crippen MR) is 83.6 cm³/mol. The first-order valence-corrected chi connectivity index (χ1v) is 7.70. The molecule has 1 spiro atoms. The van der Waals surface area contributed by atoms with Gasteiger partial charge in [-0.1, -0.05) is 18.9 Å². The maximum atomic E-state index is 5.37. The summed E-state index contributed by atoms with van der Waals surface area (Å²) in [6.07, 6.45) is 5.32. The topological polar surface area (TPSA) is 24.5 Å². The SMILES string of the molecule is COc1cccc(N2CC(C)(C)NC3(CCCC3)C2)c1. The summed E-state index contributed by atoms with van der Waals surface area (Å²) in [6.45, 7) is 6.80. The third kappa shape index (κ3) is 2.64. The van der Waals surface area contributed by atoms with Gasteiger partial charge in [0.05, 0.1) is 7.11 Å². The summed E-state index contributed by atoms with van der Waals surface area (Å²) >= 11 is 0. The molecule has 3 rings (SSSR count). The zero-order chi connectivity index (χ0) is 14.2. The van der Waals surface area contributed by atoms with Gasteiger partial charge in [0, 0.05) is 35.9 Å². The molecular weight excluding hydrogens is 248 g/mol. The highest BCUT2D eigenvalue weighted by Gasteiger charge is 2.44. The van der Waals surface area contributed by atoms with E-state index < -0.39 is 0 Å². The molecule has 20 heavy (non-hydrogen) atoms. The van der Waals surface area contributed by atoms with Gasteiger partial charge in [-0.15, -0.1) is 0 Å². The Bertz CT molecular complexity index is 478. The number of piperazine rings is 1. The summed E-state index contributed by atoms with van der Waals surface area (Å²) in [4.78, 5) is 2.53. The van der Waals surface area contributed by atoms with E-state index in [1.54, 1.807) is 7.11 Å². The van der Waals surface area contributed by atoms with E-state index in [4.69, 9.17) is 4.74 Å². The van der Waals surface area contributed by atoms with Crippen molar-refractivity contribution in [3.63, 3.8) is 0 Å². The van der Waals surface area contributed by atoms with Crippen molar-refractivity contribution in [1.82, 2.24) is 5.32 Å². The normalized spacial score (nSPS) is 24.1. The van der Waals surface area contributed by atoms with Crippen molar-refractivity contribution in [3.8, 4) is 5.75 Å². The molecule has 1 N–H and O–H groups in total. The van der Waals surface area contributed by atoms with Crippen molar-refractivity contribution in [2.45, 2.75) is 50.6 Å². The van der Waals surface area contributed by atoms with Crippen LogP contribution in [0.15, 0.2) is 24.3 Å². The van der Waals surface area contributed by atoms with Gasteiger partial charge in [-0.3, -0.25) is 0 Å². The van der Waals surface area contributed by atoms with Crippen molar-refractivity contribution in [2.24, 2.45) is 0 Å². The van der Waals surface area contributed by atoms with Crippen LogP contribution in [0.25, 0.3) is 0 Å². The molecule has 0 radical (unpaired) electrons. The summed E-state index contributed by atoms with van der Waals surface area (Å²) in [5.41, 5.74) is 1.75. The predicted octanol–water partition coefficient (Wildman–Crippen LogP) is 3.20. The quantitative estimate of drug-likeness (QED) is 0.896. The van der Waals surface area contributed by atoms with Crippen molar-refractivity contribution >= 4 is 5.69 Å². The molecule has 0 bridgehead atoms. The molecule has 1 aromatic rings. The average Bonchev–Trinajstić information content (AvgIpc) is 2.84. The Morgan fingerprint density at radius 2 is 1.90 bits per heavy atom. The first kappa shape index (κ1) is 13.7. The second kappa shape index (κ2) is 4.96. The highest BCUT2D eigenvalue weighted by Crippen LogP contribution is 2.37. The highest BCUT2D eigenvalue weighted by molar-refractivity contribution is 5.52. The van der Waals surface area contributed by atoms with Gasteiger partial charge in [-0.2, -0.15) is 0 Å². The fourth-order valence-electron chi connectivity index (χ4n) is 4.02. The minimum absolute atomic E-state index is 0.158. The van der Waals surface area contributed by atoms with E-state index in [1.807, 2.05) is 6.07 Å². The highest BCUT2D eigenvalue weighted by atomic mass is 16.5. The number of hydrogen-bond donors (Lipinski definition) is 1. The number of benzene rings is 1. The number of anilines is 1. The van der Waals surface area contributed by atoms with E-state index >= 15 is 0 Å². The molecule has 1 aromatic carbocycles. The van der Waals surface area contributed by atoms with Crippen LogP contribution in [0.2, 0.25) is 0 Å². The molecule has 1 heterocycles. The zero-order valence-corrected chi connectivity index (χ0v) is 12.9. The standard InChI is InChI=1S/C17H26N2O/c1-16(2)12-19(13-17(18-16)9-4-5-10-17)14-7-6-8-15(11-14)20-3/h6-8,11,18H,4-5,9-10,12-13H2,1-3H3. The van der Waals surface area contributed by atoms with Crippen molar-refractivity contribution < 1.29 is 4.74 Å². The summed E-state index contributed by atoms with van der Waals surface area (Å²) in [7, 11) is 1.74. The number of methoxy groups -OCH3 is 1. The van der Waals surface area contributed by atoms with Gasteiger partial charge in [0.15, 0.2) is 0 Å². The largest absolute Gasteiger partial charge is 0.497 e. The molecule has 2 fully saturated rings. The lowest BCUT2D eigenvalue weighted by Crippen LogP contribution is -2.68. The third-order valence-corrected chi connectivity index (χ3v) is 4.66. The fraction of sp³-hybridized carbons (Fsp3) is 0.647. The van der Waals surface area contributed by atoms with E-state index in [-0.39, 0.29) is 5.54 Å². The van der Waals surface area contributed by atoms with Crippen LogP contribution in [0, 0.1) is 0 Å². The second-order valence-corrected chi connectivity index (χ2v) is 7.05. The van der Waals surface area contributed by atoms with E-state index in [2.05, 4.69) is 42.3 Å². The van der Waals surface area contributed by atoms with Gasteiger partial charge >= 0.3 is 0 Å². The Balaban J connectivity index is 1.88. The van der Waals surface area contributed by atoms with E-state index in [0.717, 1.165) is 18.8 Å². The third-order valence-electron chi connectivity index (χ3n) is 4.66. The van der Waals surface area contributed by atoms with Crippen LogP contribution < -0.4 is 15.0 Å². The van der Waals surface area contributed by atoms with Gasteiger partial charge in [-0.05, 0) is 38.8 Å². The van der Waals surface area contributed by atoms with Gasteiger partial charge in [0.1, 0.15) is 5.75 Å². The van der Waals surface area contributed by atoms with E-state index in [1.165, 1.54) is 31.4 Å². The molecule has 1 saturated heterocycles. The maximum absolute atomic E-state index is 5.37. The summed E-state index contributed by atoms with van der Waals surface area (Å²) in [5, 5.41) is 3.92. The smallest absolute Gasteiger partial charge is 0.120 e. The molecule has 3 heteroatoms. The lowest BCUT2D eigenvalue weighted by molar-refractivity contribution is 0.197. The molecule has 2 aliphatic rings. The van der Waals surface area contributed by atoms with Gasteiger partial charge in [0.2, 0.25) is 0 Å². The van der Waals surface area contributed by atoms with Crippen LogP contribution >= 0.6 is 0 Å². The number of ether oxygens (including phenoxy) is 1. The summed E-state index contributed by atoms with van der Waals surface area (Å²) in [5.74, 6) is 0.944. The Hall–Kier alpha value is -1.22. The monoisotopic (exact) mass is 274 g/mol. The first-order chi connectivity index (χ1) is 9.52. The molecule has 0 amide bonds. The summed E-state index contributed by atoms with van der Waals surface area (Å²) in [6, 6.07) is 8.46. The van der Waals surface area contributed by atoms with Crippen LogP contribution in [0.5, 0.6) is 5.75 Å². The van der Waals surface area contributed by atoms with E-state index in [9.17, 15) is 0 Å². The molecule has 0 unspecified atom stereocenters. The lowest BCUT2D eigenvalue weighted by atomic mass is 9.87. The van der Waals surface area contributed by atoms with Gasteiger partial charge < -0.3 is 15.0 Å². The molecule has 110 valence electrons. The first-order valence-electron chi connectivity index (χ1n) is 7.70. The zero-order valence-electron chi connectivity index (χ0n) is 12.9. The van der Waals surface area contributed by atoms with Gasteiger partial charge in [0.25, 0.3) is 0 Å². The van der Waals surface area contributed by atoms with Crippen LogP contribution in [-0.2, 0) is 0 Å². The second-order valence-electron chi connectivity index (χ2n) is 7.05. The van der Waals surface area contributed by atoms with Crippen molar-refractivity contribution in [2.75, 3.05) is 25.1 Å². The molecule has 1 saturated carbocycles. The van der Waals surface area contributed by atoms with Crippen LogP contribution in [0.4, 0.5) is 5.69 Å². The average molecular weight is 274 g/mol. The van der Waals surface area contributed by atoms with Crippen LogP contribution in [-0.4, -0.2) is 31.3 Å². The number of nitrogens with one attached hydrogen (secondary N) is 1. The number of hydrogen-bond acceptors (Lipinski definition) is 3. The number of rotatable bonds is 2. The van der Waals surface area contributed by atoms with Gasteiger partial charge in [-0.25, -0.2) is 0 Å². The number of nitrogens with zero attached hydrogens (tertiary/aromatic N) is 1. The van der Waals surface area contributed by atoms with Crippen LogP contribution in [0.3, 0.4) is 0 Å². The molecular formula is C17H26N2O. The summed E-state index contributed by atoms with van der Waals surface area (Å²) < 4.78 is 5.37. The fourth-order valence-corrected chi connectivity index (χ4v) is 4.02. The minimum Gasteiger partial charge on any atom is -0.497 e. The molecule has 3 nitrogen and oxygen atoms in total. The molecule has 0 atom stereocenters. The lowest BCUT2D eigenvalue weighted by Gasteiger charge is -2.51. The Morgan fingerprint density at radius 3 is 2.60 bits per heavy atom. The molecule has 0 aromatic heterocycles. The van der Waals surface area contributed by atoms with Crippen molar-refractivity contribution in [1.29, 1.82) is 0 Å². The minimum atomic E-state index is 0.158. The Labute approximate surface area is 122 Å².